The first-order chi connectivity index (χ1) is 6.93. The molecule has 1 aromatic rings. The van der Waals surface area contributed by atoms with Gasteiger partial charge >= 0.3 is 0 Å². The van der Waals surface area contributed by atoms with Crippen molar-refractivity contribution in [3.05, 3.63) is 35.1 Å². The Morgan fingerprint density at radius 2 is 2.00 bits per heavy atom. The fourth-order valence-corrected chi connectivity index (χ4v) is 1.31. The van der Waals surface area contributed by atoms with Crippen LogP contribution in [0.2, 0.25) is 0 Å². The van der Waals surface area contributed by atoms with Gasteiger partial charge in [-0.2, -0.15) is 0 Å². The summed E-state index contributed by atoms with van der Waals surface area (Å²) in [6.07, 6.45) is 0. The molecule has 0 saturated carbocycles. The van der Waals surface area contributed by atoms with Crippen molar-refractivity contribution in [1.82, 2.24) is 0 Å². The molecule has 82 valence electrons. The Bertz CT molecular complexity index is 374. The van der Waals surface area contributed by atoms with E-state index in [0.29, 0.717) is 0 Å². The Balaban J connectivity index is 3.05. The van der Waals surface area contributed by atoms with Gasteiger partial charge in [0, 0.05) is 12.0 Å². The third-order valence-electron chi connectivity index (χ3n) is 2.59. The molecule has 15 heavy (non-hydrogen) atoms. The summed E-state index contributed by atoms with van der Waals surface area (Å²) in [5.74, 6) is -1.06. The highest BCUT2D eigenvalue weighted by Gasteiger charge is 2.21. The second-order valence-corrected chi connectivity index (χ2v) is 4.00. The number of halogens is 1. The van der Waals surface area contributed by atoms with Crippen molar-refractivity contribution in [3.8, 4) is 0 Å². The zero-order valence-corrected chi connectivity index (χ0v) is 9.25. The molecule has 0 aromatic heterocycles. The van der Waals surface area contributed by atoms with Crippen molar-refractivity contribution in [2.45, 2.75) is 26.8 Å². The summed E-state index contributed by atoms with van der Waals surface area (Å²) in [4.78, 5) is 11.8. The molecule has 2 nitrogen and oxygen atoms in total. The van der Waals surface area contributed by atoms with Gasteiger partial charge in [-0.25, -0.2) is 4.39 Å². The number of ketones is 1. The largest absolute Gasteiger partial charge is 0.327 e. The van der Waals surface area contributed by atoms with E-state index in [4.69, 9.17) is 5.73 Å². The van der Waals surface area contributed by atoms with Gasteiger partial charge in [-0.3, -0.25) is 4.79 Å². The van der Waals surface area contributed by atoms with Crippen LogP contribution < -0.4 is 5.73 Å². The van der Waals surface area contributed by atoms with Gasteiger partial charge in [-0.15, -0.1) is 0 Å². The number of Topliss-reactive ketones (excluding diaryl/α,β-unsaturated/α-hetero) is 1. The van der Waals surface area contributed by atoms with Gasteiger partial charge in [-0.1, -0.05) is 18.6 Å². The number of aryl methyl sites for hydroxylation is 1. The molecule has 2 N–H and O–H groups in total. The van der Waals surface area contributed by atoms with Gasteiger partial charge < -0.3 is 5.73 Å². The average molecular weight is 209 g/mol. The first-order valence-electron chi connectivity index (χ1n) is 4.99. The Morgan fingerprint density at radius 1 is 1.40 bits per heavy atom. The Morgan fingerprint density at radius 3 is 2.53 bits per heavy atom. The summed E-state index contributed by atoms with van der Waals surface area (Å²) in [5.41, 5.74) is 6.63. The van der Waals surface area contributed by atoms with E-state index in [0.717, 1.165) is 5.56 Å². The van der Waals surface area contributed by atoms with Crippen LogP contribution in [0.1, 0.15) is 29.8 Å². The molecule has 0 bridgehead atoms. The first kappa shape index (κ1) is 11.9. The Labute approximate surface area is 89.3 Å². The predicted octanol–water partition coefficient (Wildman–Crippen LogP) is 2.30. The van der Waals surface area contributed by atoms with E-state index in [1.165, 1.54) is 6.07 Å². The number of nitrogens with two attached hydrogens (primary N) is 1. The molecule has 0 aliphatic heterocycles. The molecule has 0 heterocycles. The first-order valence-corrected chi connectivity index (χ1v) is 4.99. The number of hydrogen-bond acceptors (Lipinski definition) is 2. The zero-order valence-electron chi connectivity index (χ0n) is 9.25. The van der Waals surface area contributed by atoms with E-state index in [-0.39, 0.29) is 23.3 Å². The van der Waals surface area contributed by atoms with Gasteiger partial charge in [0.05, 0.1) is 5.56 Å². The molecule has 0 saturated heterocycles. The normalized spacial score (nSPS) is 14.7. The standard InChI is InChI=1S/C12H16FNO/c1-7-4-5-11(13)10(6-7)12(15)8(2)9(3)14/h4-6,8-9H,14H2,1-3H3. The molecule has 1 rings (SSSR count). The molecule has 1 aromatic carbocycles. The highest BCUT2D eigenvalue weighted by atomic mass is 19.1. The predicted molar refractivity (Wildman–Crippen MR) is 58.3 cm³/mol. The maximum atomic E-state index is 13.4. The van der Waals surface area contributed by atoms with Gasteiger partial charge in [-0.05, 0) is 26.0 Å². The second kappa shape index (κ2) is 4.53. The Hall–Kier alpha value is -1.22. The molecule has 0 amide bonds. The molecular weight excluding hydrogens is 193 g/mol. The van der Waals surface area contributed by atoms with Crippen LogP contribution in [0.4, 0.5) is 4.39 Å². The van der Waals surface area contributed by atoms with Crippen molar-refractivity contribution < 1.29 is 9.18 Å². The number of rotatable bonds is 3. The molecule has 0 aliphatic carbocycles. The van der Waals surface area contributed by atoms with Crippen molar-refractivity contribution in [3.63, 3.8) is 0 Å². The molecule has 0 spiro atoms. The van der Waals surface area contributed by atoms with Crippen molar-refractivity contribution in [2.24, 2.45) is 11.7 Å². The number of benzene rings is 1. The molecule has 2 unspecified atom stereocenters. The fourth-order valence-electron chi connectivity index (χ4n) is 1.31. The average Bonchev–Trinajstić information content (AvgIpc) is 2.19. The van der Waals surface area contributed by atoms with E-state index < -0.39 is 5.82 Å². The SMILES string of the molecule is Cc1ccc(F)c(C(=O)C(C)C(C)N)c1. The highest BCUT2D eigenvalue weighted by Crippen LogP contribution is 2.16. The van der Waals surface area contributed by atoms with Crippen LogP contribution in [0.25, 0.3) is 0 Å². The molecule has 3 heteroatoms. The Kier molecular flexibility index (Phi) is 3.58. The van der Waals surface area contributed by atoms with Crippen LogP contribution >= 0.6 is 0 Å². The monoisotopic (exact) mass is 209 g/mol. The van der Waals surface area contributed by atoms with E-state index in [1.54, 1.807) is 26.0 Å². The minimum absolute atomic E-state index is 0.139. The third kappa shape index (κ3) is 2.63. The molecule has 2 atom stereocenters. The van der Waals surface area contributed by atoms with Crippen LogP contribution in [-0.4, -0.2) is 11.8 Å². The summed E-state index contributed by atoms with van der Waals surface area (Å²) in [6.45, 7) is 5.29. The molecule has 0 fully saturated rings. The van der Waals surface area contributed by atoms with Crippen molar-refractivity contribution in [2.75, 3.05) is 0 Å². The van der Waals surface area contributed by atoms with Crippen LogP contribution in [-0.2, 0) is 0 Å². The maximum absolute atomic E-state index is 13.4. The highest BCUT2D eigenvalue weighted by molar-refractivity contribution is 5.98. The number of hydrogen-bond donors (Lipinski definition) is 1. The van der Waals surface area contributed by atoms with Crippen LogP contribution in [0.3, 0.4) is 0 Å². The summed E-state index contributed by atoms with van der Waals surface area (Å²) in [5, 5.41) is 0. The quantitative estimate of drug-likeness (QED) is 0.776. The smallest absolute Gasteiger partial charge is 0.170 e. The van der Waals surface area contributed by atoms with Crippen molar-refractivity contribution in [1.29, 1.82) is 0 Å². The van der Waals surface area contributed by atoms with Crippen LogP contribution in [0.5, 0.6) is 0 Å². The summed E-state index contributed by atoms with van der Waals surface area (Å²) in [6, 6.07) is 4.26. The third-order valence-corrected chi connectivity index (χ3v) is 2.59. The zero-order chi connectivity index (χ0) is 11.6. The van der Waals surface area contributed by atoms with E-state index >= 15 is 0 Å². The molecule has 0 aliphatic rings. The van der Waals surface area contributed by atoms with Gasteiger partial charge in [0.15, 0.2) is 5.78 Å². The minimum atomic E-state index is -0.474. The number of carbonyl (C=O) groups excluding carboxylic acids is 1. The fraction of sp³-hybridized carbons (Fsp3) is 0.417. The van der Waals surface area contributed by atoms with Gasteiger partial charge in [0.2, 0.25) is 0 Å². The lowest BCUT2D eigenvalue weighted by Crippen LogP contribution is -2.31. The summed E-state index contributed by atoms with van der Waals surface area (Å²) in [7, 11) is 0. The maximum Gasteiger partial charge on any atom is 0.170 e. The molecule has 0 radical (unpaired) electrons. The second-order valence-electron chi connectivity index (χ2n) is 4.00. The molecular formula is C12H16FNO. The van der Waals surface area contributed by atoms with E-state index in [2.05, 4.69) is 0 Å². The van der Waals surface area contributed by atoms with Crippen LogP contribution in [0, 0.1) is 18.7 Å². The lowest BCUT2D eigenvalue weighted by molar-refractivity contribution is 0.0913. The minimum Gasteiger partial charge on any atom is -0.327 e. The van der Waals surface area contributed by atoms with Crippen molar-refractivity contribution >= 4 is 5.78 Å². The summed E-state index contributed by atoms with van der Waals surface area (Å²) < 4.78 is 13.4. The van der Waals surface area contributed by atoms with E-state index in [9.17, 15) is 9.18 Å². The topological polar surface area (TPSA) is 43.1 Å². The van der Waals surface area contributed by atoms with Gasteiger partial charge in [0.25, 0.3) is 0 Å². The summed E-state index contributed by atoms with van der Waals surface area (Å²) >= 11 is 0. The van der Waals surface area contributed by atoms with E-state index in [1.807, 2.05) is 6.92 Å². The lowest BCUT2D eigenvalue weighted by Gasteiger charge is -2.14. The number of carbonyl (C=O) groups is 1. The van der Waals surface area contributed by atoms with Crippen LogP contribution in [0.15, 0.2) is 18.2 Å². The lowest BCUT2D eigenvalue weighted by atomic mass is 9.93. The van der Waals surface area contributed by atoms with Gasteiger partial charge in [0.1, 0.15) is 5.82 Å².